The largest absolute Gasteiger partial charge is 0.356 e. The highest BCUT2D eigenvalue weighted by molar-refractivity contribution is 14.0. The molecule has 0 radical (unpaired) electrons. The minimum absolute atomic E-state index is 0. The Balaban J connectivity index is 0.00000300. The van der Waals surface area contributed by atoms with Crippen LogP contribution in [0.3, 0.4) is 0 Å². The van der Waals surface area contributed by atoms with Gasteiger partial charge in [0.2, 0.25) is 0 Å². The van der Waals surface area contributed by atoms with Crippen molar-refractivity contribution in [2.24, 2.45) is 10.9 Å². The number of thiazole rings is 1. The molecule has 0 saturated carbocycles. The molecule has 2 aromatic heterocycles. The van der Waals surface area contributed by atoms with E-state index in [9.17, 15) is 0 Å². The highest BCUT2D eigenvalue weighted by Crippen LogP contribution is 2.20. The van der Waals surface area contributed by atoms with Gasteiger partial charge in [-0.1, -0.05) is 13.8 Å². The fraction of sp³-hybridized carbons (Fsp3) is 0.619. The zero-order valence-electron chi connectivity index (χ0n) is 17.7. The molecule has 29 heavy (non-hydrogen) atoms. The van der Waals surface area contributed by atoms with Gasteiger partial charge in [-0.25, -0.2) is 4.98 Å². The van der Waals surface area contributed by atoms with E-state index in [1.165, 1.54) is 29.1 Å². The molecule has 2 aromatic rings. The molecular weight excluding hydrogens is 513 g/mol. The van der Waals surface area contributed by atoms with Crippen LogP contribution in [0.1, 0.15) is 48.9 Å². The van der Waals surface area contributed by atoms with Crippen molar-refractivity contribution in [3.8, 4) is 0 Å². The summed E-state index contributed by atoms with van der Waals surface area (Å²) in [7, 11) is 1.85. The number of nitrogens with one attached hydrogen (secondary N) is 2. The maximum absolute atomic E-state index is 4.71. The van der Waals surface area contributed by atoms with Gasteiger partial charge in [-0.2, -0.15) is 11.3 Å². The van der Waals surface area contributed by atoms with Gasteiger partial charge in [-0.05, 0) is 66.6 Å². The third kappa shape index (κ3) is 7.80. The molecule has 3 heterocycles. The van der Waals surface area contributed by atoms with Crippen molar-refractivity contribution >= 4 is 52.6 Å². The molecule has 5 nitrogen and oxygen atoms in total. The predicted octanol–water partition coefficient (Wildman–Crippen LogP) is 4.57. The van der Waals surface area contributed by atoms with Gasteiger partial charge in [0.15, 0.2) is 5.96 Å². The van der Waals surface area contributed by atoms with Crippen LogP contribution in [-0.4, -0.2) is 49.1 Å². The fourth-order valence-corrected chi connectivity index (χ4v) is 5.06. The summed E-state index contributed by atoms with van der Waals surface area (Å²) < 4.78 is 0. The van der Waals surface area contributed by atoms with Gasteiger partial charge < -0.3 is 10.6 Å². The molecule has 1 fully saturated rings. The molecule has 8 heteroatoms. The van der Waals surface area contributed by atoms with Crippen LogP contribution >= 0.6 is 46.7 Å². The van der Waals surface area contributed by atoms with Gasteiger partial charge in [0, 0.05) is 32.1 Å². The quantitative estimate of drug-likeness (QED) is 0.289. The second kappa shape index (κ2) is 12.9. The first kappa shape index (κ1) is 24.6. The van der Waals surface area contributed by atoms with E-state index in [-0.39, 0.29) is 24.0 Å². The molecule has 0 spiro atoms. The Kier molecular flexibility index (Phi) is 10.9. The predicted molar refractivity (Wildman–Crippen MR) is 137 cm³/mol. The molecular formula is C21H34IN5S2. The average molecular weight is 548 g/mol. The maximum Gasteiger partial charge on any atom is 0.191 e. The van der Waals surface area contributed by atoms with E-state index in [0.29, 0.717) is 11.8 Å². The smallest absolute Gasteiger partial charge is 0.191 e. The second-order valence-electron chi connectivity index (χ2n) is 7.60. The average Bonchev–Trinajstić information content (AvgIpc) is 3.41. The summed E-state index contributed by atoms with van der Waals surface area (Å²) in [5, 5.41) is 14.8. The zero-order valence-corrected chi connectivity index (χ0v) is 21.7. The fourth-order valence-electron chi connectivity index (χ4n) is 3.55. The third-order valence-electron chi connectivity index (χ3n) is 5.46. The van der Waals surface area contributed by atoms with Crippen LogP contribution in [0.25, 0.3) is 0 Å². The molecule has 0 aliphatic carbocycles. The molecule has 162 valence electrons. The van der Waals surface area contributed by atoms with Gasteiger partial charge in [0.1, 0.15) is 0 Å². The van der Waals surface area contributed by atoms with E-state index in [4.69, 9.17) is 4.98 Å². The van der Waals surface area contributed by atoms with Crippen molar-refractivity contribution < 1.29 is 0 Å². The second-order valence-corrected chi connectivity index (χ2v) is 9.32. The number of aliphatic imine (C=N–C) groups is 1. The Morgan fingerprint density at radius 1 is 1.31 bits per heavy atom. The lowest BCUT2D eigenvalue weighted by atomic mass is 9.97. The molecule has 1 atom stereocenters. The monoisotopic (exact) mass is 547 g/mol. The lowest BCUT2D eigenvalue weighted by Crippen LogP contribution is -2.43. The van der Waals surface area contributed by atoms with Crippen LogP contribution in [0.5, 0.6) is 0 Å². The summed E-state index contributed by atoms with van der Waals surface area (Å²) in [4.78, 5) is 11.6. The number of piperidine rings is 1. The van der Waals surface area contributed by atoms with E-state index in [0.717, 1.165) is 45.1 Å². The van der Waals surface area contributed by atoms with Gasteiger partial charge in [0.05, 0.1) is 10.7 Å². The zero-order chi connectivity index (χ0) is 19.8. The molecule has 1 aliphatic heterocycles. The van der Waals surface area contributed by atoms with Crippen LogP contribution in [0.4, 0.5) is 0 Å². The number of nitrogens with zero attached hydrogens (tertiary/aromatic N) is 3. The van der Waals surface area contributed by atoms with E-state index in [1.54, 1.807) is 22.7 Å². The maximum atomic E-state index is 4.71. The van der Waals surface area contributed by atoms with Crippen molar-refractivity contribution in [1.82, 2.24) is 20.5 Å². The number of aryl methyl sites for hydroxylation is 1. The Hall–Kier alpha value is -0.710. The van der Waals surface area contributed by atoms with Gasteiger partial charge >= 0.3 is 0 Å². The Labute approximate surface area is 200 Å². The summed E-state index contributed by atoms with van der Waals surface area (Å²) in [5.74, 6) is 2.12. The minimum atomic E-state index is 0. The summed E-state index contributed by atoms with van der Waals surface area (Å²) in [6.45, 7) is 9.65. The van der Waals surface area contributed by atoms with Crippen molar-refractivity contribution in [1.29, 1.82) is 0 Å². The number of likely N-dealkylation sites (tertiary alicyclic amines) is 1. The molecule has 1 saturated heterocycles. The summed E-state index contributed by atoms with van der Waals surface area (Å²) in [6, 6.07) is 2.20. The van der Waals surface area contributed by atoms with Crippen molar-refractivity contribution in [2.45, 2.75) is 45.6 Å². The molecule has 1 unspecified atom stereocenters. The topological polar surface area (TPSA) is 52.6 Å². The van der Waals surface area contributed by atoms with E-state index in [2.05, 4.69) is 56.6 Å². The number of halogens is 1. The molecule has 0 amide bonds. The third-order valence-corrected chi connectivity index (χ3v) is 7.21. The normalized spacial score (nSPS) is 17.0. The number of thiophene rings is 1. The van der Waals surface area contributed by atoms with Crippen LogP contribution in [0, 0.1) is 5.92 Å². The summed E-state index contributed by atoms with van der Waals surface area (Å²) >= 11 is 3.55. The molecule has 0 aromatic carbocycles. The summed E-state index contributed by atoms with van der Waals surface area (Å²) in [6.07, 6.45) is 3.51. The number of hydrogen-bond acceptors (Lipinski definition) is 5. The number of rotatable bonds is 8. The lowest BCUT2D eigenvalue weighted by molar-refractivity contribution is 0.176. The molecule has 0 bridgehead atoms. The Morgan fingerprint density at radius 3 is 2.72 bits per heavy atom. The first-order chi connectivity index (χ1) is 13.7. The van der Waals surface area contributed by atoms with Crippen molar-refractivity contribution in [3.05, 3.63) is 38.5 Å². The van der Waals surface area contributed by atoms with E-state index < -0.39 is 0 Å². The number of aromatic nitrogens is 1. The van der Waals surface area contributed by atoms with Crippen LogP contribution < -0.4 is 10.6 Å². The Bertz CT molecular complexity index is 723. The minimum Gasteiger partial charge on any atom is -0.356 e. The number of hydrogen-bond donors (Lipinski definition) is 2. The van der Waals surface area contributed by atoms with E-state index in [1.807, 2.05) is 7.05 Å². The standard InChI is InChI=1S/C21H33N5S2.HI/c1-4-20-25-19(15-28-20)13-26-8-5-17(6-9-26)12-24-21(22-3)23-11-16(2)18-7-10-27-14-18;/h7,10,14-17H,4-6,8-9,11-13H2,1-3H3,(H2,22,23,24);1H. The lowest BCUT2D eigenvalue weighted by Gasteiger charge is -2.31. The molecule has 3 rings (SSSR count). The van der Waals surface area contributed by atoms with Crippen LogP contribution in [0.15, 0.2) is 27.2 Å². The first-order valence-electron chi connectivity index (χ1n) is 10.3. The van der Waals surface area contributed by atoms with E-state index >= 15 is 0 Å². The molecule has 2 N–H and O–H groups in total. The first-order valence-corrected chi connectivity index (χ1v) is 12.1. The highest BCUT2D eigenvalue weighted by atomic mass is 127. The van der Waals surface area contributed by atoms with Crippen LogP contribution in [0.2, 0.25) is 0 Å². The van der Waals surface area contributed by atoms with Crippen LogP contribution in [-0.2, 0) is 13.0 Å². The molecule has 1 aliphatic rings. The van der Waals surface area contributed by atoms with Gasteiger partial charge in [-0.3, -0.25) is 9.89 Å². The number of guanidine groups is 1. The SMILES string of the molecule is CCc1nc(CN2CCC(CNC(=NC)NCC(C)c3ccsc3)CC2)cs1.I. The summed E-state index contributed by atoms with van der Waals surface area (Å²) in [5.41, 5.74) is 2.63. The van der Waals surface area contributed by atoms with Crippen molar-refractivity contribution in [2.75, 3.05) is 33.2 Å². The van der Waals surface area contributed by atoms with Crippen molar-refractivity contribution in [3.63, 3.8) is 0 Å². The van der Waals surface area contributed by atoms with Gasteiger partial charge in [-0.15, -0.1) is 35.3 Å². The Morgan fingerprint density at radius 2 is 2.10 bits per heavy atom. The highest BCUT2D eigenvalue weighted by Gasteiger charge is 2.20. The van der Waals surface area contributed by atoms with Gasteiger partial charge in [0.25, 0.3) is 0 Å².